The first-order valence-corrected chi connectivity index (χ1v) is 8.12. The minimum atomic E-state index is 0.249. The zero-order chi connectivity index (χ0) is 13.1. The number of nitrogens with two attached hydrogens (primary N) is 1. The Kier molecular flexibility index (Phi) is 4.82. The molecule has 2 N–H and O–H groups in total. The number of likely N-dealkylation sites (tertiary alicyclic amines) is 1. The van der Waals surface area contributed by atoms with Crippen LogP contribution in [-0.4, -0.2) is 23.5 Å². The van der Waals surface area contributed by atoms with E-state index in [1.54, 1.807) is 11.3 Å². The van der Waals surface area contributed by atoms with Gasteiger partial charge in [-0.3, -0.25) is 4.90 Å². The van der Waals surface area contributed by atoms with Gasteiger partial charge >= 0.3 is 0 Å². The van der Waals surface area contributed by atoms with Gasteiger partial charge in [0.25, 0.3) is 0 Å². The summed E-state index contributed by atoms with van der Waals surface area (Å²) < 4.78 is 0. The van der Waals surface area contributed by atoms with Gasteiger partial charge in [0.2, 0.25) is 0 Å². The van der Waals surface area contributed by atoms with E-state index in [1.807, 2.05) is 0 Å². The molecule has 2 heterocycles. The van der Waals surface area contributed by atoms with Crippen molar-refractivity contribution in [3.05, 3.63) is 22.4 Å². The highest BCUT2D eigenvalue weighted by molar-refractivity contribution is 7.07. The first-order chi connectivity index (χ1) is 8.65. The topological polar surface area (TPSA) is 29.3 Å². The Labute approximate surface area is 115 Å². The van der Waals surface area contributed by atoms with Crippen LogP contribution < -0.4 is 5.73 Å². The molecule has 0 aliphatic carbocycles. The minimum absolute atomic E-state index is 0.249. The lowest BCUT2D eigenvalue weighted by molar-refractivity contribution is 0.125. The fourth-order valence-electron chi connectivity index (χ4n) is 3.23. The van der Waals surface area contributed by atoms with Crippen LogP contribution >= 0.6 is 11.3 Å². The summed E-state index contributed by atoms with van der Waals surface area (Å²) >= 11 is 1.78. The van der Waals surface area contributed by atoms with Crippen LogP contribution in [0.3, 0.4) is 0 Å². The molecule has 18 heavy (non-hydrogen) atoms. The van der Waals surface area contributed by atoms with Crippen molar-refractivity contribution in [3.8, 4) is 0 Å². The van der Waals surface area contributed by atoms with E-state index in [0.29, 0.717) is 12.1 Å². The van der Waals surface area contributed by atoms with E-state index >= 15 is 0 Å². The number of hydrogen-bond acceptors (Lipinski definition) is 3. The molecule has 102 valence electrons. The van der Waals surface area contributed by atoms with Gasteiger partial charge < -0.3 is 5.73 Å². The molecule has 0 aromatic carbocycles. The summed E-state index contributed by atoms with van der Waals surface area (Å²) in [6, 6.07) is 3.61. The second-order valence-corrected chi connectivity index (χ2v) is 6.55. The average molecular weight is 266 g/mol. The maximum absolute atomic E-state index is 6.41. The van der Waals surface area contributed by atoms with Crippen molar-refractivity contribution < 1.29 is 0 Å². The molecule has 2 nitrogen and oxygen atoms in total. The van der Waals surface area contributed by atoms with Gasteiger partial charge in [0, 0.05) is 12.1 Å². The van der Waals surface area contributed by atoms with E-state index < -0.39 is 0 Å². The van der Waals surface area contributed by atoms with Gasteiger partial charge in [0.15, 0.2) is 0 Å². The molecule has 2 rings (SSSR count). The van der Waals surface area contributed by atoms with Crippen LogP contribution in [0.5, 0.6) is 0 Å². The van der Waals surface area contributed by atoms with Crippen LogP contribution in [0.15, 0.2) is 16.8 Å². The Balaban J connectivity index is 2.23. The van der Waals surface area contributed by atoms with Gasteiger partial charge in [-0.05, 0) is 54.1 Å². The molecule has 1 aromatic rings. The molecular weight excluding hydrogens is 240 g/mol. The maximum atomic E-state index is 6.41. The Morgan fingerprint density at radius 2 is 2.28 bits per heavy atom. The molecule has 1 aromatic heterocycles. The van der Waals surface area contributed by atoms with E-state index in [4.69, 9.17) is 5.73 Å². The van der Waals surface area contributed by atoms with Crippen LogP contribution in [-0.2, 0) is 0 Å². The predicted octanol–water partition coefficient (Wildman–Crippen LogP) is 3.65. The fraction of sp³-hybridized carbons (Fsp3) is 0.733. The largest absolute Gasteiger partial charge is 0.326 e. The van der Waals surface area contributed by atoms with Crippen LogP contribution in [0.2, 0.25) is 0 Å². The highest BCUT2D eigenvalue weighted by atomic mass is 32.1. The lowest BCUT2D eigenvalue weighted by Gasteiger charge is -2.38. The van der Waals surface area contributed by atoms with Crippen molar-refractivity contribution in [1.82, 2.24) is 4.90 Å². The van der Waals surface area contributed by atoms with Crippen LogP contribution in [0.1, 0.15) is 51.6 Å². The molecule has 1 saturated heterocycles. The Morgan fingerprint density at radius 3 is 2.83 bits per heavy atom. The highest BCUT2D eigenvalue weighted by Gasteiger charge is 2.35. The first kappa shape index (κ1) is 14.0. The van der Waals surface area contributed by atoms with E-state index in [9.17, 15) is 0 Å². The second kappa shape index (κ2) is 6.18. The summed E-state index contributed by atoms with van der Waals surface area (Å²) in [5, 5.41) is 4.45. The molecule has 3 atom stereocenters. The number of rotatable bonds is 5. The fourth-order valence-corrected chi connectivity index (χ4v) is 3.92. The lowest BCUT2D eigenvalue weighted by atomic mass is 9.94. The zero-order valence-electron chi connectivity index (χ0n) is 11.8. The lowest BCUT2D eigenvalue weighted by Crippen LogP contribution is -2.44. The van der Waals surface area contributed by atoms with Gasteiger partial charge in [-0.15, -0.1) is 0 Å². The third kappa shape index (κ3) is 2.79. The van der Waals surface area contributed by atoms with Crippen molar-refractivity contribution in [2.75, 3.05) is 6.54 Å². The molecule has 0 saturated carbocycles. The van der Waals surface area contributed by atoms with E-state index in [1.165, 1.54) is 24.9 Å². The second-order valence-electron chi connectivity index (χ2n) is 5.77. The molecule has 1 fully saturated rings. The summed E-state index contributed by atoms with van der Waals surface area (Å²) in [4.78, 5) is 2.67. The first-order valence-electron chi connectivity index (χ1n) is 7.18. The van der Waals surface area contributed by atoms with E-state index in [0.717, 1.165) is 12.3 Å². The van der Waals surface area contributed by atoms with Crippen LogP contribution in [0, 0.1) is 5.92 Å². The molecule has 1 aliphatic heterocycles. The summed E-state index contributed by atoms with van der Waals surface area (Å²) in [6.45, 7) is 8.08. The third-order valence-corrected chi connectivity index (χ3v) is 4.93. The van der Waals surface area contributed by atoms with Gasteiger partial charge in [0.05, 0.1) is 6.04 Å². The smallest absolute Gasteiger partial charge is 0.0510 e. The summed E-state index contributed by atoms with van der Waals surface area (Å²) in [6.07, 6.45) is 3.69. The van der Waals surface area contributed by atoms with Crippen LogP contribution in [0.4, 0.5) is 0 Å². The Hall–Kier alpha value is -0.380. The van der Waals surface area contributed by atoms with Crippen molar-refractivity contribution in [1.29, 1.82) is 0 Å². The third-order valence-electron chi connectivity index (χ3n) is 4.23. The molecule has 0 amide bonds. The van der Waals surface area contributed by atoms with Crippen molar-refractivity contribution in [2.45, 2.75) is 58.2 Å². The molecule has 3 unspecified atom stereocenters. The molecule has 1 aliphatic rings. The Morgan fingerprint density at radius 1 is 1.50 bits per heavy atom. The maximum Gasteiger partial charge on any atom is 0.0510 e. The molecule has 0 spiro atoms. The van der Waals surface area contributed by atoms with Crippen molar-refractivity contribution >= 4 is 11.3 Å². The SMILES string of the molecule is CCC(N)C(c1ccsc1)N1CCCC1C(C)C. The molecule has 0 radical (unpaired) electrons. The van der Waals surface area contributed by atoms with Gasteiger partial charge in [-0.2, -0.15) is 11.3 Å². The predicted molar refractivity (Wildman–Crippen MR) is 79.9 cm³/mol. The monoisotopic (exact) mass is 266 g/mol. The summed E-state index contributed by atoms with van der Waals surface area (Å²) in [7, 11) is 0. The molecular formula is C15H26N2S. The summed E-state index contributed by atoms with van der Waals surface area (Å²) in [5.74, 6) is 0.720. The number of nitrogens with zero attached hydrogens (tertiary/aromatic N) is 1. The summed E-state index contributed by atoms with van der Waals surface area (Å²) in [5.41, 5.74) is 7.83. The Bertz CT molecular complexity index is 347. The highest BCUT2D eigenvalue weighted by Crippen LogP contribution is 2.35. The van der Waals surface area contributed by atoms with Gasteiger partial charge in [-0.1, -0.05) is 20.8 Å². The van der Waals surface area contributed by atoms with Crippen molar-refractivity contribution in [2.24, 2.45) is 11.7 Å². The molecule has 0 bridgehead atoms. The number of thiophene rings is 1. The zero-order valence-corrected chi connectivity index (χ0v) is 12.6. The molecule has 3 heteroatoms. The van der Waals surface area contributed by atoms with Gasteiger partial charge in [-0.25, -0.2) is 0 Å². The number of hydrogen-bond donors (Lipinski definition) is 1. The minimum Gasteiger partial charge on any atom is -0.326 e. The van der Waals surface area contributed by atoms with E-state index in [-0.39, 0.29) is 6.04 Å². The quantitative estimate of drug-likeness (QED) is 0.881. The average Bonchev–Trinajstić information content (AvgIpc) is 2.99. The van der Waals surface area contributed by atoms with Gasteiger partial charge in [0.1, 0.15) is 0 Å². The van der Waals surface area contributed by atoms with Crippen molar-refractivity contribution in [3.63, 3.8) is 0 Å². The standard InChI is InChI=1S/C15H26N2S/c1-4-13(16)15(12-7-9-18-10-12)17-8-5-6-14(17)11(2)3/h7,9-11,13-15H,4-6,8,16H2,1-3H3. The van der Waals surface area contributed by atoms with Crippen LogP contribution in [0.25, 0.3) is 0 Å². The van der Waals surface area contributed by atoms with E-state index in [2.05, 4.69) is 42.5 Å². The normalized spacial score (nSPS) is 24.6.